The fourth-order valence-corrected chi connectivity index (χ4v) is 6.06. The van der Waals surface area contributed by atoms with Gasteiger partial charge in [0.2, 0.25) is 0 Å². The third-order valence-electron chi connectivity index (χ3n) is 8.45. The molecule has 1 aromatic heterocycles. The molecule has 37 heavy (non-hydrogen) atoms. The Bertz CT molecular complexity index is 812. The number of aromatic nitrogens is 1. The van der Waals surface area contributed by atoms with Crippen LogP contribution in [0, 0.1) is 11.8 Å². The molecular formula is C35H55NO. The second-order valence-corrected chi connectivity index (χ2v) is 11.7. The average molecular weight is 506 g/mol. The molecule has 2 atom stereocenters. The van der Waals surface area contributed by atoms with Gasteiger partial charge < -0.3 is 4.74 Å². The molecule has 2 unspecified atom stereocenters. The van der Waals surface area contributed by atoms with Gasteiger partial charge in [0.25, 0.3) is 0 Å². The van der Waals surface area contributed by atoms with Crippen LogP contribution in [0.15, 0.2) is 42.6 Å². The highest BCUT2D eigenvalue weighted by molar-refractivity contribution is 5.59. The Morgan fingerprint density at radius 1 is 0.703 bits per heavy atom. The van der Waals surface area contributed by atoms with E-state index in [0.29, 0.717) is 0 Å². The summed E-state index contributed by atoms with van der Waals surface area (Å²) in [6, 6.07) is 13.3. The first kappa shape index (κ1) is 29.7. The van der Waals surface area contributed by atoms with Crippen LogP contribution in [0.3, 0.4) is 0 Å². The van der Waals surface area contributed by atoms with Gasteiger partial charge in [-0.15, -0.1) is 0 Å². The molecule has 1 saturated carbocycles. The lowest BCUT2D eigenvalue weighted by Crippen LogP contribution is -2.16. The summed E-state index contributed by atoms with van der Waals surface area (Å²) in [4.78, 5) is 4.67. The molecule has 1 heterocycles. The fraction of sp³-hybridized carbons (Fsp3) is 0.686. The van der Waals surface area contributed by atoms with E-state index < -0.39 is 0 Å². The third kappa shape index (κ3) is 12.1. The monoisotopic (exact) mass is 505 g/mol. The van der Waals surface area contributed by atoms with Gasteiger partial charge in [0, 0.05) is 5.56 Å². The SMILES string of the molecule is CCCCCCCCOc1ccc(-c2ccc(CCC3CCCC(CCCCCCCC)C3)cc2)nc1. The van der Waals surface area contributed by atoms with E-state index in [1.165, 1.54) is 127 Å². The van der Waals surface area contributed by atoms with Gasteiger partial charge in [0.05, 0.1) is 18.5 Å². The van der Waals surface area contributed by atoms with E-state index in [2.05, 4.69) is 55.2 Å². The van der Waals surface area contributed by atoms with Gasteiger partial charge >= 0.3 is 0 Å². The summed E-state index contributed by atoms with van der Waals surface area (Å²) in [5, 5.41) is 0. The van der Waals surface area contributed by atoms with Crippen molar-refractivity contribution >= 4 is 0 Å². The number of hydrogen-bond acceptors (Lipinski definition) is 2. The molecule has 2 nitrogen and oxygen atoms in total. The number of rotatable bonds is 19. The predicted octanol–water partition coefficient (Wildman–Crippen LogP) is 11.0. The standard InChI is InChI=1S/C35H55NO/c1-3-5-7-9-11-13-16-31-17-15-18-32(28-31)20-19-30-21-23-33(24-22-30)35-26-25-34(29-36-35)37-27-14-12-10-8-6-4-2/h21-26,29,31-32H,3-20,27-28H2,1-2H3. The van der Waals surface area contributed by atoms with Crippen LogP contribution in [0.4, 0.5) is 0 Å². The van der Waals surface area contributed by atoms with Crippen molar-refractivity contribution in [3.8, 4) is 17.0 Å². The summed E-state index contributed by atoms with van der Waals surface area (Å²) in [5.41, 5.74) is 3.70. The largest absolute Gasteiger partial charge is 0.492 e. The number of aryl methyl sites for hydroxylation is 1. The molecule has 1 aliphatic carbocycles. The number of unbranched alkanes of at least 4 members (excludes halogenated alkanes) is 10. The van der Waals surface area contributed by atoms with E-state index in [1.807, 2.05) is 6.20 Å². The van der Waals surface area contributed by atoms with E-state index in [4.69, 9.17) is 4.74 Å². The molecule has 2 heteroatoms. The van der Waals surface area contributed by atoms with Crippen molar-refractivity contribution in [3.63, 3.8) is 0 Å². The summed E-state index contributed by atoms with van der Waals surface area (Å²) in [5.74, 6) is 2.82. The van der Waals surface area contributed by atoms with E-state index in [9.17, 15) is 0 Å². The first-order valence-corrected chi connectivity index (χ1v) is 16.0. The zero-order valence-corrected chi connectivity index (χ0v) is 24.2. The molecular weight excluding hydrogens is 450 g/mol. The number of hydrogen-bond donors (Lipinski definition) is 0. The van der Waals surface area contributed by atoms with Gasteiger partial charge in [-0.3, -0.25) is 4.98 Å². The van der Waals surface area contributed by atoms with Gasteiger partial charge in [0.1, 0.15) is 5.75 Å². The second kappa shape index (κ2) is 18.4. The van der Waals surface area contributed by atoms with E-state index in [0.717, 1.165) is 36.3 Å². The van der Waals surface area contributed by atoms with Crippen molar-refractivity contribution < 1.29 is 4.74 Å². The smallest absolute Gasteiger partial charge is 0.137 e. The average Bonchev–Trinajstić information content (AvgIpc) is 2.94. The maximum Gasteiger partial charge on any atom is 0.137 e. The summed E-state index contributed by atoms with van der Waals surface area (Å²) in [7, 11) is 0. The molecule has 0 radical (unpaired) electrons. The lowest BCUT2D eigenvalue weighted by molar-refractivity contribution is 0.239. The number of pyridine rings is 1. The number of benzene rings is 1. The third-order valence-corrected chi connectivity index (χ3v) is 8.45. The minimum absolute atomic E-state index is 0.794. The molecule has 1 aliphatic rings. The minimum atomic E-state index is 0.794. The van der Waals surface area contributed by atoms with Crippen molar-refractivity contribution in [1.29, 1.82) is 0 Å². The van der Waals surface area contributed by atoms with Crippen molar-refractivity contribution in [2.75, 3.05) is 6.61 Å². The lowest BCUT2D eigenvalue weighted by atomic mass is 9.77. The molecule has 0 bridgehead atoms. The minimum Gasteiger partial charge on any atom is -0.492 e. The van der Waals surface area contributed by atoms with Crippen molar-refractivity contribution in [3.05, 3.63) is 48.2 Å². The maximum absolute atomic E-state index is 5.90. The number of ether oxygens (including phenoxy) is 1. The molecule has 0 spiro atoms. The topological polar surface area (TPSA) is 22.1 Å². The highest BCUT2D eigenvalue weighted by Gasteiger charge is 2.21. The molecule has 0 N–H and O–H groups in total. The van der Waals surface area contributed by atoms with Crippen LogP contribution < -0.4 is 4.74 Å². The van der Waals surface area contributed by atoms with Gasteiger partial charge in [-0.25, -0.2) is 0 Å². The molecule has 1 aromatic carbocycles. The Morgan fingerprint density at radius 3 is 2.03 bits per heavy atom. The normalized spacial score (nSPS) is 17.7. The molecule has 1 fully saturated rings. The maximum atomic E-state index is 5.90. The van der Waals surface area contributed by atoms with Crippen LogP contribution in [-0.4, -0.2) is 11.6 Å². The molecule has 2 aromatic rings. The molecule has 0 saturated heterocycles. The van der Waals surface area contributed by atoms with Crippen LogP contribution in [0.2, 0.25) is 0 Å². The van der Waals surface area contributed by atoms with Crippen LogP contribution in [0.25, 0.3) is 11.3 Å². The summed E-state index contributed by atoms with van der Waals surface area (Å²) >= 11 is 0. The first-order valence-electron chi connectivity index (χ1n) is 16.0. The van der Waals surface area contributed by atoms with E-state index >= 15 is 0 Å². The Hall–Kier alpha value is -1.83. The highest BCUT2D eigenvalue weighted by Crippen LogP contribution is 2.35. The van der Waals surface area contributed by atoms with Gasteiger partial charge in [0.15, 0.2) is 0 Å². The first-order chi connectivity index (χ1) is 18.3. The molecule has 0 aliphatic heterocycles. The Labute approximate surface area is 229 Å². The van der Waals surface area contributed by atoms with Crippen LogP contribution in [0.1, 0.15) is 135 Å². The van der Waals surface area contributed by atoms with Crippen LogP contribution >= 0.6 is 0 Å². The highest BCUT2D eigenvalue weighted by atomic mass is 16.5. The number of nitrogens with zero attached hydrogens (tertiary/aromatic N) is 1. The Balaban J connectivity index is 1.33. The fourth-order valence-electron chi connectivity index (χ4n) is 6.06. The zero-order valence-electron chi connectivity index (χ0n) is 24.2. The van der Waals surface area contributed by atoms with Crippen LogP contribution in [-0.2, 0) is 6.42 Å². The zero-order chi connectivity index (χ0) is 26.0. The second-order valence-electron chi connectivity index (χ2n) is 11.7. The van der Waals surface area contributed by atoms with E-state index in [1.54, 1.807) is 0 Å². The Morgan fingerprint density at radius 2 is 1.35 bits per heavy atom. The van der Waals surface area contributed by atoms with E-state index in [-0.39, 0.29) is 0 Å². The quantitative estimate of drug-likeness (QED) is 0.177. The van der Waals surface area contributed by atoms with Crippen molar-refractivity contribution in [2.45, 2.75) is 136 Å². The Kier molecular flexibility index (Phi) is 14.8. The molecule has 3 rings (SSSR count). The molecule has 206 valence electrons. The summed E-state index contributed by atoms with van der Waals surface area (Å²) in [6.45, 7) is 5.36. The van der Waals surface area contributed by atoms with Gasteiger partial charge in [-0.05, 0) is 55.2 Å². The molecule has 0 amide bonds. The van der Waals surface area contributed by atoms with Gasteiger partial charge in [-0.2, -0.15) is 0 Å². The van der Waals surface area contributed by atoms with Crippen LogP contribution in [0.5, 0.6) is 5.75 Å². The predicted molar refractivity (Wildman–Crippen MR) is 160 cm³/mol. The van der Waals surface area contributed by atoms with Gasteiger partial charge in [-0.1, -0.05) is 134 Å². The summed E-state index contributed by atoms with van der Waals surface area (Å²) in [6.07, 6.45) is 28.1. The summed E-state index contributed by atoms with van der Waals surface area (Å²) < 4.78 is 5.90. The lowest BCUT2D eigenvalue weighted by Gasteiger charge is -2.29. The van der Waals surface area contributed by atoms with Crippen molar-refractivity contribution in [1.82, 2.24) is 4.98 Å². The van der Waals surface area contributed by atoms with Crippen molar-refractivity contribution in [2.24, 2.45) is 11.8 Å².